The number of aromatic nitrogens is 1. The van der Waals surface area contributed by atoms with Gasteiger partial charge in [-0.2, -0.15) is 0 Å². The summed E-state index contributed by atoms with van der Waals surface area (Å²) in [6, 6.07) is 1.91. The van der Waals surface area contributed by atoms with Crippen LogP contribution in [0.15, 0.2) is 18.5 Å². The number of nitrogens with zero attached hydrogens (tertiary/aromatic N) is 2. The summed E-state index contributed by atoms with van der Waals surface area (Å²) in [6.07, 6.45) is 10.2. The van der Waals surface area contributed by atoms with Crippen LogP contribution in [-0.2, 0) is 0 Å². The SMILES string of the molecule is O=C(c1cncc(O)c1)N1CCCC1C1CCCC1. The van der Waals surface area contributed by atoms with Crippen LogP contribution in [0.1, 0.15) is 48.9 Å². The van der Waals surface area contributed by atoms with Crippen LogP contribution in [0.5, 0.6) is 5.75 Å². The van der Waals surface area contributed by atoms with Crippen LogP contribution in [0.3, 0.4) is 0 Å². The van der Waals surface area contributed by atoms with Gasteiger partial charge >= 0.3 is 0 Å². The predicted octanol–water partition coefficient (Wildman–Crippen LogP) is 2.58. The second-order valence-electron chi connectivity index (χ2n) is 5.68. The Morgan fingerprint density at radius 2 is 2.00 bits per heavy atom. The molecule has 4 heteroatoms. The Kier molecular flexibility index (Phi) is 3.40. The Bertz CT molecular complexity index is 469. The molecule has 1 aliphatic heterocycles. The molecule has 1 N–H and O–H groups in total. The van der Waals surface area contributed by atoms with Crippen LogP contribution in [0.25, 0.3) is 0 Å². The first-order chi connectivity index (χ1) is 9.25. The molecular formula is C15H20N2O2. The number of likely N-dealkylation sites (tertiary alicyclic amines) is 1. The molecule has 0 bridgehead atoms. The van der Waals surface area contributed by atoms with Crippen LogP contribution in [-0.4, -0.2) is 33.5 Å². The molecule has 19 heavy (non-hydrogen) atoms. The fraction of sp³-hybridized carbons (Fsp3) is 0.600. The number of amides is 1. The van der Waals surface area contributed by atoms with Crippen LogP contribution in [0.4, 0.5) is 0 Å². The van der Waals surface area contributed by atoms with Gasteiger partial charge in [0.15, 0.2) is 0 Å². The summed E-state index contributed by atoms with van der Waals surface area (Å²) >= 11 is 0. The molecule has 1 amide bonds. The number of carbonyl (C=O) groups excluding carboxylic acids is 1. The minimum Gasteiger partial charge on any atom is -0.506 e. The summed E-state index contributed by atoms with van der Waals surface area (Å²) in [5, 5.41) is 9.45. The van der Waals surface area contributed by atoms with E-state index in [9.17, 15) is 9.90 Å². The zero-order chi connectivity index (χ0) is 13.2. The molecule has 1 saturated carbocycles. The van der Waals surface area contributed by atoms with Gasteiger partial charge in [0.2, 0.25) is 0 Å². The lowest BCUT2D eigenvalue weighted by molar-refractivity contribution is 0.0688. The van der Waals surface area contributed by atoms with E-state index in [4.69, 9.17) is 0 Å². The average molecular weight is 260 g/mol. The van der Waals surface area contributed by atoms with Crippen molar-refractivity contribution in [3.63, 3.8) is 0 Å². The van der Waals surface area contributed by atoms with Crippen LogP contribution >= 0.6 is 0 Å². The van der Waals surface area contributed by atoms with Gasteiger partial charge in [-0.3, -0.25) is 9.78 Å². The lowest BCUT2D eigenvalue weighted by Gasteiger charge is -2.29. The standard InChI is InChI=1S/C15H20N2O2/c18-13-8-12(9-16-10-13)15(19)17-7-3-6-14(17)11-4-1-2-5-11/h8-11,14,18H,1-7H2. The third-order valence-electron chi connectivity index (χ3n) is 4.47. The first kappa shape index (κ1) is 12.5. The van der Waals surface area contributed by atoms with Crippen molar-refractivity contribution in [2.45, 2.75) is 44.6 Å². The van der Waals surface area contributed by atoms with Crippen LogP contribution < -0.4 is 0 Å². The fourth-order valence-corrected chi connectivity index (χ4v) is 3.59. The lowest BCUT2D eigenvalue weighted by Crippen LogP contribution is -2.39. The van der Waals surface area contributed by atoms with Crippen molar-refractivity contribution in [2.75, 3.05) is 6.54 Å². The molecular weight excluding hydrogens is 240 g/mol. The highest BCUT2D eigenvalue weighted by molar-refractivity contribution is 5.94. The third kappa shape index (κ3) is 2.44. The van der Waals surface area contributed by atoms with Crippen molar-refractivity contribution in [1.29, 1.82) is 0 Å². The monoisotopic (exact) mass is 260 g/mol. The van der Waals surface area contributed by atoms with E-state index in [1.165, 1.54) is 37.9 Å². The first-order valence-corrected chi connectivity index (χ1v) is 7.20. The molecule has 2 aliphatic rings. The van der Waals surface area contributed by atoms with E-state index in [-0.39, 0.29) is 11.7 Å². The molecule has 2 heterocycles. The number of hydrogen-bond donors (Lipinski definition) is 1. The molecule has 1 aromatic rings. The quantitative estimate of drug-likeness (QED) is 0.889. The third-order valence-corrected chi connectivity index (χ3v) is 4.47. The Balaban J connectivity index is 1.78. The van der Waals surface area contributed by atoms with Crippen molar-refractivity contribution in [2.24, 2.45) is 5.92 Å². The number of aromatic hydroxyl groups is 1. The summed E-state index contributed by atoms with van der Waals surface area (Å²) in [6.45, 7) is 0.843. The van der Waals surface area contributed by atoms with E-state index in [1.807, 2.05) is 4.90 Å². The second-order valence-corrected chi connectivity index (χ2v) is 5.68. The van der Waals surface area contributed by atoms with Crippen molar-refractivity contribution < 1.29 is 9.90 Å². The number of pyridine rings is 1. The summed E-state index contributed by atoms with van der Waals surface area (Å²) in [5.41, 5.74) is 0.505. The summed E-state index contributed by atoms with van der Waals surface area (Å²) in [7, 11) is 0. The number of hydrogen-bond acceptors (Lipinski definition) is 3. The molecule has 102 valence electrons. The summed E-state index contributed by atoms with van der Waals surface area (Å²) in [5.74, 6) is 0.761. The van der Waals surface area contributed by atoms with E-state index in [2.05, 4.69) is 4.98 Å². The van der Waals surface area contributed by atoms with Gasteiger partial charge < -0.3 is 10.0 Å². The number of rotatable bonds is 2. The maximum atomic E-state index is 12.5. The van der Waals surface area contributed by atoms with E-state index < -0.39 is 0 Å². The van der Waals surface area contributed by atoms with Crippen molar-refractivity contribution >= 4 is 5.91 Å². The topological polar surface area (TPSA) is 53.4 Å². The maximum Gasteiger partial charge on any atom is 0.255 e. The van der Waals surface area contributed by atoms with Gasteiger partial charge in [-0.1, -0.05) is 12.8 Å². The van der Waals surface area contributed by atoms with E-state index in [0.29, 0.717) is 17.5 Å². The number of carbonyl (C=O) groups is 1. The normalized spacial score (nSPS) is 24.0. The molecule has 1 aliphatic carbocycles. The van der Waals surface area contributed by atoms with Crippen molar-refractivity contribution in [3.8, 4) is 5.75 Å². The first-order valence-electron chi connectivity index (χ1n) is 7.20. The Morgan fingerprint density at radius 1 is 1.21 bits per heavy atom. The van der Waals surface area contributed by atoms with Gasteiger partial charge in [0.1, 0.15) is 5.75 Å². The fourth-order valence-electron chi connectivity index (χ4n) is 3.59. The molecule has 1 unspecified atom stereocenters. The van der Waals surface area contributed by atoms with E-state index in [1.54, 1.807) is 6.20 Å². The highest BCUT2D eigenvalue weighted by Gasteiger charge is 2.36. The van der Waals surface area contributed by atoms with Gasteiger partial charge in [0, 0.05) is 18.8 Å². The Labute approximate surface area is 113 Å². The van der Waals surface area contributed by atoms with Gasteiger partial charge in [-0.15, -0.1) is 0 Å². The minimum absolute atomic E-state index is 0.0257. The molecule has 1 saturated heterocycles. The molecule has 0 aromatic carbocycles. The van der Waals surface area contributed by atoms with Crippen LogP contribution in [0, 0.1) is 5.92 Å². The molecule has 2 fully saturated rings. The maximum absolute atomic E-state index is 12.5. The van der Waals surface area contributed by atoms with Gasteiger partial charge in [-0.25, -0.2) is 0 Å². The molecule has 1 aromatic heterocycles. The molecule has 0 radical (unpaired) electrons. The second kappa shape index (κ2) is 5.19. The summed E-state index contributed by atoms with van der Waals surface area (Å²) < 4.78 is 0. The average Bonchev–Trinajstić information content (AvgIpc) is 3.08. The van der Waals surface area contributed by atoms with E-state index in [0.717, 1.165) is 19.4 Å². The molecule has 3 rings (SSSR count). The molecule has 4 nitrogen and oxygen atoms in total. The smallest absolute Gasteiger partial charge is 0.255 e. The van der Waals surface area contributed by atoms with Crippen molar-refractivity contribution in [1.82, 2.24) is 9.88 Å². The van der Waals surface area contributed by atoms with Crippen LogP contribution in [0.2, 0.25) is 0 Å². The zero-order valence-corrected chi connectivity index (χ0v) is 11.1. The van der Waals surface area contributed by atoms with Crippen molar-refractivity contribution in [3.05, 3.63) is 24.0 Å². The Hall–Kier alpha value is -1.58. The zero-order valence-electron chi connectivity index (χ0n) is 11.1. The van der Waals surface area contributed by atoms with Gasteiger partial charge in [0.25, 0.3) is 5.91 Å². The largest absolute Gasteiger partial charge is 0.506 e. The minimum atomic E-state index is 0.0257. The molecule has 1 atom stereocenters. The summed E-state index contributed by atoms with van der Waals surface area (Å²) in [4.78, 5) is 18.4. The highest BCUT2D eigenvalue weighted by atomic mass is 16.3. The Morgan fingerprint density at radius 3 is 2.74 bits per heavy atom. The lowest BCUT2D eigenvalue weighted by atomic mass is 9.95. The van der Waals surface area contributed by atoms with E-state index >= 15 is 0 Å². The van der Waals surface area contributed by atoms with Gasteiger partial charge in [-0.05, 0) is 37.7 Å². The highest BCUT2D eigenvalue weighted by Crippen LogP contribution is 2.36. The predicted molar refractivity (Wildman–Crippen MR) is 71.9 cm³/mol. The van der Waals surface area contributed by atoms with Gasteiger partial charge in [0.05, 0.1) is 11.8 Å². The molecule has 0 spiro atoms.